The van der Waals surface area contributed by atoms with Gasteiger partial charge in [-0.25, -0.2) is 4.39 Å². The first-order valence-corrected chi connectivity index (χ1v) is 10.6. The number of nitrogens with one attached hydrogen (secondary N) is 2. The Morgan fingerprint density at radius 3 is 2.28 bits per heavy atom. The zero-order valence-corrected chi connectivity index (χ0v) is 17.4. The average Bonchev–Trinajstić information content (AvgIpc) is 3.33. The van der Waals surface area contributed by atoms with E-state index < -0.39 is 23.6 Å². The van der Waals surface area contributed by atoms with Crippen molar-refractivity contribution in [3.8, 4) is 0 Å². The van der Waals surface area contributed by atoms with Crippen molar-refractivity contribution in [3.63, 3.8) is 0 Å². The van der Waals surface area contributed by atoms with Gasteiger partial charge in [-0.3, -0.25) is 14.4 Å². The minimum Gasteiger partial charge on any atom is -0.370 e. The van der Waals surface area contributed by atoms with Gasteiger partial charge < -0.3 is 16.4 Å². The lowest BCUT2D eigenvalue weighted by Crippen LogP contribution is -2.44. The summed E-state index contributed by atoms with van der Waals surface area (Å²) in [6.07, 6.45) is 6.20. The minimum atomic E-state index is -0.486. The number of amides is 3. The van der Waals surface area contributed by atoms with E-state index in [1.165, 1.54) is 6.07 Å². The number of allylic oxidation sites excluding steroid dienone is 2. The molecule has 2 fully saturated rings. The summed E-state index contributed by atoms with van der Waals surface area (Å²) in [4.78, 5) is 36.9. The summed E-state index contributed by atoms with van der Waals surface area (Å²) >= 11 is 3.22. The van der Waals surface area contributed by atoms with E-state index >= 15 is 0 Å². The number of carbonyl (C=O) groups is 3. The predicted octanol–water partition coefficient (Wildman–Crippen LogP) is 2.02. The fraction of sp³-hybridized carbons (Fsp3) is 0.476. The highest BCUT2D eigenvalue weighted by Gasteiger charge is 2.69. The van der Waals surface area contributed by atoms with Gasteiger partial charge in [0, 0.05) is 29.5 Å². The Bertz CT molecular complexity index is 899. The smallest absolute Gasteiger partial charge is 0.224 e. The van der Waals surface area contributed by atoms with Gasteiger partial charge in [0.2, 0.25) is 17.7 Å². The van der Waals surface area contributed by atoms with Crippen molar-refractivity contribution in [3.05, 3.63) is 46.2 Å². The first kappa shape index (κ1) is 20.1. The number of hydrogen-bond acceptors (Lipinski definition) is 3. The lowest BCUT2D eigenvalue weighted by atomic mass is 9.81. The highest BCUT2D eigenvalue weighted by atomic mass is 79.9. The minimum absolute atomic E-state index is 0.0105. The van der Waals surface area contributed by atoms with Crippen LogP contribution in [0.5, 0.6) is 0 Å². The Morgan fingerprint density at radius 1 is 1.10 bits per heavy atom. The zero-order chi connectivity index (χ0) is 20.8. The third-order valence-electron chi connectivity index (χ3n) is 6.59. The summed E-state index contributed by atoms with van der Waals surface area (Å²) in [6, 6.07) is 4.70. The van der Waals surface area contributed by atoms with Gasteiger partial charge in [-0.2, -0.15) is 0 Å². The van der Waals surface area contributed by atoms with E-state index in [1.807, 2.05) is 0 Å². The molecular weight excluding hydrogens is 441 g/mol. The maximum Gasteiger partial charge on any atom is 0.224 e. The molecule has 0 heterocycles. The Hall–Kier alpha value is -2.22. The second-order valence-electron chi connectivity index (χ2n) is 8.18. The van der Waals surface area contributed by atoms with Crippen molar-refractivity contribution in [2.75, 3.05) is 6.54 Å². The lowest BCUT2D eigenvalue weighted by molar-refractivity contribution is -0.135. The molecule has 0 aliphatic heterocycles. The molecular formula is C21H23BrFN3O3. The maximum absolute atomic E-state index is 14.1. The number of hydrogen-bond donors (Lipinski definition) is 3. The lowest BCUT2D eigenvalue weighted by Gasteiger charge is -2.26. The summed E-state index contributed by atoms with van der Waals surface area (Å²) in [7, 11) is 0. The highest BCUT2D eigenvalue weighted by Crippen LogP contribution is 2.72. The maximum atomic E-state index is 14.1. The number of carbonyl (C=O) groups excluding carboxylic acids is 3. The molecule has 4 atom stereocenters. The second-order valence-corrected chi connectivity index (χ2v) is 9.10. The Kier molecular flexibility index (Phi) is 5.23. The molecule has 154 valence electrons. The highest BCUT2D eigenvalue weighted by molar-refractivity contribution is 9.10. The van der Waals surface area contributed by atoms with Crippen molar-refractivity contribution >= 4 is 33.7 Å². The molecule has 1 spiro atoms. The number of primary amides is 1. The standard InChI is InChI=1S/C21H23BrFN3O3/c22-12-2-1-11(15(23)9-12)10-26-20(29)18-14-4-3-13(21(14)6-7-21)17(18)19(28)25-8-5-16(24)27/h1-4,9,13-14,17-18H,5-8,10H2,(H2,24,27)(H,25,28)(H,26,29)/t13-,14-,17-,18-/m1/s1. The van der Waals surface area contributed by atoms with E-state index in [-0.39, 0.29) is 48.6 Å². The van der Waals surface area contributed by atoms with E-state index in [0.29, 0.717) is 10.0 Å². The first-order valence-electron chi connectivity index (χ1n) is 9.79. The van der Waals surface area contributed by atoms with E-state index in [0.717, 1.165) is 12.8 Å². The van der Waals surface area contributed by atoms with Crippen LogP contribution in [0.25, 0.3) is 0 Å². The molecule has 0 aromatic heterocycles. The van der Waals surface area contributed by atoms with E-state index in [4.69, 9.17) is 5.73 Å². The van der Waals surface area contributed by atoms with Crippen molar-refractivity contribution in [2.24, 2.45) is 34.8 Å². The van der Waals surface area contributed by atoms with E-state index in [1.54, 1.807) is 12.1 Å². The molecule has 8 heteroatoms. The van der Waals surface area contributed by atoms with Crippen LogP contribution in [0.4, 0.5) is 4.39 Å². The largest absolute Gasteiger partial charge is 0.370 e. The fourth-order valence-electron chi connectivity index (χ4n) is 5.10. The van der Waals surface area contributed by atoms with E-state index in [9.17, 15) is 18.8 Å². The number of nitrogens with two attached hydrogens (primary N) is 1. The molecule has 6 nitrogen and oxygen atoms in total. The van der Waals surface area contributed by atoms with Crippen LogP contribution in [0.15, 0.2) is 34.8 Å². The van der Waals surface area contributed by atoms with Crippen LogP contribution in [0.3, 0.4) is 0 Å². The SMILES string of the molecule is NC(=O)CCNC(=O)[C@H]1[C@H](C(=O)NCc2ccc(Br)cc2F)[C@H]2C=C[C@H]1C21CC1. The van der Waals surface area contributed by atoms with Crippen LogP contribution in [0, 0.1) is 34.9 Å². The molecule has 0 radical (unpaired) electrons. The van der Waals surface area contributed by atoms with Crippen LogP contribution in [0.2, 0.25) is 0 Å². The van der Waals surface area contributed by atoms with Crippen LogP contribution in [0.1, 0.15) is 24.8 Å². The van der Waals surface area contributed by atoms with E-state index in [2.05, 4.69) is 38.7 Å². The predicted molar refractivity (Wildman–Crippen MR) is 108 cm³/mol. The molecule has 1 aromatic carbocycles. The van der Waals surface area contributed by atoms with Crippen LogP contribution in [-0.4, -0.2) is 24.3 Å². The Labute approximate surface area is 176 Å². The number of rotatable bonds is 7. The van der Waals surface area contributed by atoms with Gasteiger partial charge in [-0.1, -0.05) is 34.1 Å². The van der Waals surface area contributed by atoms with Crippen molar-refractivity contribution < 1.29 is 18.8 Å². The normalized spacial score (nSPS) is 27.8. The molecule has 0 unspecified atom stereocenters. The molecule has 2 bridgehead atoms. The third-order valence-corrected chi connectivity index (χ3v) is 7.08. The third kappa shape index (κ3) is 3.58. The van der Waals surface area contributed by atoms with Crippen molar-refractivity contribution in [1.29, 1.82) is 0 Å². The molecule has 3 aliphatic rings. The summed E-state index contributed by atoms with van der Waals surface area (Å²) in [5, 5.41) is 5.59. The van der Waals surface area contributed by atoms with Crippen molar-refractivity contribution in [1.82, 2.24) is 10.6 Å². The van der Waals surface area contributed by atoms with Gasteiger partial charge >= 0.3 is 0 Å². The molecule has 1 aromatic rings. The van der Waals surface area contributed by atoms with Crippen LogP contribution >= 0.6 is 15.9 Å². The van der Waals surface area contributed by atoms with Gasteiger partial charge in [0.1, 0.15) is 5.82 Å². The number of benzene rings is 1. The first-order chi connectivity index (χ1) is 13.8. The van der Waals surface area contributed by atoms with Gasteiger partial charge in [0.25, 0.3) is 0 Å². The summed E-state index contributed by atoms with van der Waals surface area (Å²) in [5.41, 5.74) is 5.54. The summed E-state index contributed by atoms with van der Waals surface area (Å²) in [5.74, 6) is -2.24. The second kappa shape index (κ2) is 7.55. The molecule has 0 saturated heterocycles. The Morgan fingerprint density at radius 2 is 1.72 bits per heavy atom. The molecule has 3 aliphatic carbocycles. The molecule has 4 rings (SSSR count). The molecule has 2 saturated carbocycles. The van der Waals surface area contributed by atoms with Crippen molar-refractivity contribution in [2.45, 2.75) is 25.8 Å². The van der Waals surface area contributed by atoms with Gasteiger partial charge in [0.15, 0.2) is 0 Å². The van der Waals surface area contributed by atoms with Gasteiger partial charge in [0.05, 0.1) is 11.8 Å². The average molecular weight is 464 g/mol. The van der Waals surface area contributed by atoms with Gasteiger partial charge in [-0.05, 0) is 42.2 Å². The quantitative estimate of drug-likeness (QED) is 0.539. The number of halogens is 2. The molecule has 4 N–H and O–H groups in total. The topological polar surface area (TPSA) is 101 Å². The Balaban J connectivity index is 1.47. The van der Waals surface area contributed by atoms with Gasteiger partial charge in [-0.15, -0.1) is 0 Å². The zero-order valence-electron chi connectivity index (χ0n) is 15.8. The molecule has 3 amide bonds. The van der Waals surface area contributed by atoms with Crippen LogP contribution < -0.4 is 16.4 Å². The molecule has 29 heavy (non-hydrogen) atoms. The summed E-state index contributed by atoms with van der Waals surface area (Å²) in [6.45, 7) is 0.232. The summed E-state index contributed by atoms with van der Waals surface area (Å²) < 4.78 is 14.7. The monoisotopic (exact) mass is 463 g/mol. The van der Waals surface area contributed by atoms with Crippen LogP contribution in [-0.2, 0) is 20.9 Å². The fourth-order valence-corrected chi connectivity index (χ4v) is 5.43.